The molecule has 0 spiro atoms. The van der Waals surface area contributed by atoms with Crippen LogP contribution in [0.25, 0.3) is 11.1 Å². The summed E-state index contributed by atoms with van der Waals surface area (Å²) in [6.07, 6.45) is 0.804. The lowest BCUT2D eigenvalue weighted by atomic mass is 9.98. The van der Waals surface area contributed by atoms with Gasteiger partial charge < -0.3 is 44.4 Å². The van der Waals surface area contributed by atoms with Gasteiger partial charge in [0.15, 0.2) is 12.6 Å². The van der Waals surface area contributed by atoms with E-state index in [1.54, 1.807) is 14.0 Å². The molecular formula is C36H53N3O9. The van der Waals surface area contributed by atoms with Gasteiger partial charge in [-0.25, -0.2) is 4.79 Å². The Labute approximate surface area is 284 Å². The van der Waals surface area contributed by atoms with Crippen LogP contribution in [0.4, 0.5) is 4.79 Å². The molecular weight excluding hydrogens is 618 g/mol. The number of carbonyl (C=O) groups excluding carboxylic acids is 3. The fourth-order valence-corrected chi connectivity index (χ4v) is 5.26. The number of rotatable bonds is 24. The maximum atomic E-state index is 13.1. The van der Waals surface area contributed by atoms with Gasteiger partial charge in [0.2, 0.25) is 11.8 Å². The van der Waals surface area contributed by atoms with Gasteiger partial charge in [-0.2, -0.15) is 0 Å². The Kier molecular flexibility index (Phi) is 18.0. The molecule has 0 aromatic heterocycles. The van der Waals surface area contributed by atoms with Crippen LogP contribution in [0, 0.1) is 0 Å². The lowest BCUT2D eigenvalue weighted by Crippen LogP contribution is -2.48. The zero-order valence-electron chi connectivity index (χ0n) is 28.8. The van der Waals surface area contributed by atoms with Crippen molar-refractivity contribution in [1.82, 2.24) is 16.0 Å². The highest BCUT2D eigenvalue weighted by Crippen LogP contribution is 2.44. The normalized spacial score (nSPS) is 14.0. The van der Waals surface area contributed by atoms with E-state index in [-0.39, 0.29) is 43.9 Å². The molecule has 2 aromatic carbocycles. The summed E-state index contributed by atoms with van der Waals surface area (Å²) in [6, 6.07) is 15.2. The molecule has 3 unspecified atom stereocenters. The highest BCUT2D eigenvalue weighted by Gasteiger charge is 2.30. The molecule has 3 amide bonds. The van der Waals surface area contributed by atoms with Gasteiger partial charge in [-0.05, 0) is 61.8 Å². The summed E-state index contributed by atoms with van der Waals surface area (Å²) >= 11 is 0. The Hall–Kier alpha value is -3.55. The summed E-state index contributed by atoms with van der Waals surface area (Å²) in [5, 5.41) is 8.35. The van der Waals surface area contributed by atoms with E-state index in [1.165, 1.54) is 0 Å². The molecule has 1 aliphatic carbocycles. The molecule has 12 nitrogen and oxygen atoms in total. The van der Waals surface area contributed by atoms with Crippen molar-refractivity contribution in [1.29, 1.82) is 0 Å². The van der Waals surface area contributed by atoms with Gasteiger partial charge in [-0.3, -0.25) is 9.59 Å². The minimum Gasteiger partial charge on any atom is -0.449 e. The predicted molar refractivity (Wildman–Crippen MR) is 181 cm³/mol. The molecule has 48 heavy (non-hydrogen) atoms. The van der Waals surface area contributed by atoms with E-state index in [2.05, 4.69) is 35.0 Å². The molecule has 3 atom stereocenters. The van der Waals surface area contributed by atoms with Crippen LogP contribution < -0.4 is 16.0 Å². The number of benzene rings is 2. The summed E-state index contributed by atoms with van der Waals surface area (Å²) < 4.78 is 32.7. The van der Waals surface area contributed by atoms with E-state index in [4.69, 9.17) is 28.4 Å². The van der Waals surface area contributed by atoms with Crippen LogP contribution in [0.15, 0.2) is 48.5 Å². The zero-order chi connectivity index (χ0) is 34.6. The standard InChI is InChI=1S/C36H53N3O9/c1-5-20-44-23-24-47-27(3)46-22-10-18-37-34(40)17-16-33(35(41)38-19-11-21-45-26(2)43-4)39-36(42)48-25-32-30-14-8-6-12-28(30)29-13-7-9-15-31(29)32/h6-9,12-15,26-27,32-33H,5,10-11,16-25H2,1-4H3,(H,37,40)(H,38,41)(H,39,42). The number of hydrogen-bond acceptors (Lipinski definition) is 9. The van der Waals surface area contributed by atoms with Crippen molar-refractivity contribution in [3.8, 4) is 11.1 Å². The van der Waals surface area contributed by atoms with Crippen LogP contribution in [0.1, 0.15) is 69.9 Å². The first-order chi connectivity index (χ1) is 23.3. The topological polar surface area (TPSA) is 143 Å². The van der Waals surface area contributed by atoms with Gasteiger partial charge in [0.1, 0.15) is 12.6 Å². The Morgan fingerprint density at radius 2 is 1.38 bits per heavy atom. The second-order valence-electron chi connectivity index (χ2n) is 11.5. The van der Waals surface area contributed by atoms with Crippen LogP contribution in [0.3, 0.4) is 0 Å². The van der Waals surface area contributed by atoms with Crippen molar-refractivity contribution in [2.75, 3.05) is 59.8 Å². The Morgan fingerprint density at radius 1 is 0.771 bits per heavy atom. The summed E-state index contributed by atoms with van der Waals surface area (Å²) in [6.45, 7) is 9.00. The lowest BCUT2D eigenvalue weighted by Gasteiger charge is -2.20. The first-order valence-corrected chi connectivity index (χ1v) is 16.9. The summed E-state index contributed by atoms with van der Waals surface area (Å²) in [5.41, 5.74) is 4.42. The van der Waals surface area contributed by atoms with Gasteiger partial charge in [-0.15, -0.1) is 0 Å². The Bertz CT molecular complexity index is 1220. The van der Waals surface area contributed by atoms with Crippen LogP contribution in [-0.4, -0.2) is 96.4 Å². The molecule has 2 aromatic rings. The third kappa shape index (κ3) is 13.5. The number of amides is 3. The van der Waals surface area contributed by atoms with Crippen molar-refractivity contribution in [3.63, 3.8) is 0 Å². The van der Waals surface area contributed by atoms with Crippen molar-refractivity contribution in [2.24, 2.45) is 0 Å². The number of fused-ring (bicyclic) bond motifs is 3. The third-order valence-electron chi connectivity index (χ3n) is 7.84. The van der Waals surface area contributed by atoms with Gasteiger partial charge in [0.25, 0.3) is 0 Å². The second kappa shape index (κ2) is 22.2. The van der Waals surface area contributed by atoms with Crippen molar-refractivity contribution in [2.45, 2.75) is 77.4 Å². The van der Waals surface area contributed by atoms with Gasteiger partial charge in [0.05, 0.1) is 26.4 Å². The molecule has 0 bridgehead atoms. The van der Waals surface area contributed by atoms with Crippen LogP contribution in [-0.2, 0) is 38.0 Å². The quantitative estimate of drug-likeness (QED) is 0.109. The number of ether oxygens (including phenoxy) is 6. The Balaban J connectivity index is 1.45. The van der Waals surface area contributed by atoms with E-state index in [0.29, 0.717) is 59.0 Å². The highest BCUT2D eigenvalue weighted by molar-refractivity contribution is 5.86. The second-order valence-corrected chi connectivity index (χ2v) is 11.5. The fourth-order valence-electron chi connectivity index (χ4n) is 5.26. The van der Waals surface area contributed by atoms with E-state index < -0.39 is 18.0 Å². The first kappa shape index (κ1) is 38.9. The summed E-state index contributed by atoms with van der Waals surface area (Å²) in [7, 11) is 1.55. The first-order valence-electron chi connectivity index (χ1n) is 16.9. The van der Waals surface area contributed by atoms with E-state index in [1.807, 2.05) is 43.3 Å². The number of carbonyl (C=O) groups is 3. The van der Waals surface area contributed by atoms with Crippen LogP contribution >= 0.6 is 0 Å². The smallest absolute Gasteiger partial charge is 0.407 e. The zero-order valence-corrected chi connectivity index (χ0v) is 28.8. The number of hydrogen-bond donors (Lipinski definition) is 3. The van der Waals surface area contributed by atoms with E-state index >= 15 is 0 Å². The summed E-state index contributed by atoms with van der Waals surface area (Å²) in [5.74, 6) is -0.755. The molecule has 0 heterocycles. The Morgan fingerprint density at radius 3 is 2.02 bits per heavy atom. The minimum absolute atomic E-state index is 0.0360. The number of alkyl carbamates (subject to hydrolysis) is 1. The molecule has 1 aliphatic rings. The van der Waals surface area contributed by atoms with Gasteiger partial charge >= 0.3 is 6.09 Å². The van der Waals surface area contributed by atoms with E-state index in [0.717, 1.165) is 28.7 Å². The SMILES string of the molecule is CCCOCCOC(C)OCCCNC(=O)CCC(NC(=O)OCC1c2ccccc2-c2ccccc21)C(=O)NCCCOC(C)OC. The average molecular weight is 672 g/mol. The van der Waals surface area contributed by atoms with Crippen LogP contribution in [0.5, 0.6) is 0 Å². The lowest BCUT2D eigenvalue weighted by molar-refractivity contribution is -0.139. The molecule has 266 valence electrons. The van der Waals surface area contributed by atoms with Crippen molar-refractivity contribution < 1.29 is 42.8 Å². The molecule has 0 saturated heterocycles. The maximum Gasteiger partial charge on any atom is 0.407 e. The molecule has 3 N–H and O–H groups in total. The van der Waals surface area contributed by atoms with Gasteiger partial charge in [0, 0.05) is 39.1 Å². The molecule has 0 saturated carbocycles. The molecule has 12 heteroatoms. The van der Waals surface area contributed by atoms with Crippen molar-refractivity contribution >= 4 is 17.9 Å². The van der Waals surface area contributed by atoms with Crippen LogP contribution in [0.2, 0.25) is 0 Å². The molecule has 3 rings (SSSR count). The molecule has 0 aliphatic heterocycles. The number of methoxy groups -OCH3 is 1. The maximum absolute atomic E-state index is 13.1. The number of nitrogens with one attached hydrogen (secondary N) is 3. The highest BCUT2D eigenvalue weighted by atomic mass is 16.7. The van der Waals surface area contributed by atoms with E-state index in [9.17, 15) is 14.4 Å². The third-order valence-corrected chi connectivity index (χ3v) is 7.84. The van der Waals surface area contributed by atoms with Crippen molar-refractivity contribution in [3.05, 3.63) is 59.7 Å². The average Bonchev–Trinajstić information content (AvgIpc) is 3.41. The largest absolute Gasteiger partial charge is 0.449 e. The molecule has 0 radical (unpaired) electrons. The fraction of sp³-hybridized carbons (Fsp3) is 0.583. The monoisotopic (exact) mass is 671 g/mol. The molecule has 0 fully saturated rings. The predicted octanol–water partition coefficient (Wildman–Crippen LogP) is 4.50. The summed E-state index contributed by atoms with van der Waals surface area (Å²) in [4.78, 5) is 38.7. The van der Waals surface area contributed by atoms with Gasteiger partial charge in [-0.1, -0.05) is 55.5 Å². The minimum atomic E-state index is -0.965.